The molecule has 0 aliphatic rings. The van der Waals surface area contributed by atoms with Gasteiger partial charge in [-0.2, -0.15) is 0 Å². The van der Waals surface area contributed by atoms with E-state index >= 15 is 0 Å². The van der Waals surface area contributed by atoms with Gasteiger partial charge in [-0.25, -0.2) is 4.31 Å². The maximum absolute atomic E-state index is 10.3. The van der Waals surface area contributed by atoms with E-state index in [0.29, 0.717) is 0 Å². The van der Waals surface area contributed by atoms with Gasteiger partial charge in [-0.3, -0.25) is 9.13 Å². The van der Waals surface area contributed by atoms with Crippen LogP contribution in [0.2, 0.25) is 0 Å². The van der Waals surface area contributed by atoms with E-state index in [0.717, 1.165) is 0 Å². The van der Waals surface area contributed by atoms with Gasteiger partial charge >= 0.3 is 59.1 Å². The molecule has 74 valence electrons. The summed E-state index contributed by atoms with van der Waals surface area (Å²) >= 11 is 0. The Balaban J connectivity index is -0.000000605. The zero-order valence-electron chi connectivity index (χ0n) is 7.65. The molecule has 2 atom stereocenters. The minimum Gasteiger partial charge on any atom is -0.756 e. The van der Waals surface area contributed by atoms with Crippen molar-refractivity contribution < 1.29 is 96.9 Å². The van der Waals surface area contributed by atoms with E-state index in [4.69, 9.17) is 10.00 Å². The van der Waals surface area contributed by atoms with Crippen molar-refractivity contribution in [1.29, 1.82) is 0 Å². The molecule has 0 spiro atoms. The molecule has 0 rings (SSSR count). The van der Waals surface area contributed by atoms with Gasteiger partial charge in [0.25, 0.3) is 15.6 Å². The van der Waals surface area contributed by atoms with Crippen molar-refractivity contribution in [2.45, 2.75) is 0 Å². The Bertz CT molecular complexity index is 225. The summed E-state index contributed by atoms with van der Waals surface area (Å²) < 4.78 is 27.1. The van der Waals surface area contributed by atoms with Crippen LogP contribution in [0.4, 0.5) is 0 Å². The van der Waals surface area contributed by atoms with Gasteiger partial charge in [-0.1, -0.05) is 0 Å². The van der Waals surface area contributed by atoms with Gasteiger partial charge in [0.1, 0.15) is 0 Å². The van der Waals surface area contributed by atoms with Gasteiger partial charge in [-0.15, -0.1) is 0 Å². The molecule has 0 saturated carbocycles. The Hall–Kier alpha value is 2.22. The van der Waals surface area contributed by atoms with Crippen LogP contribution >= 0.6 is 15.6 Å². The molecule has 12 heteroatoms. The van der Waals surface area contributed by atoms with E-state index in [-0.39, 0.29) is 59.1 Å². The summed E-state index contributed by atoms with van der Waals surface area (Å²) in [7, 11) is -10.4. The number of aliphatic hydroxyl groups is 1. The first kappa shape index (κ1) is 21.5. The number of hydrogen-bond donors (Lipinski definition) is 2. The van der Waals surface area contributed by atoms with Gasteiger partial charge in [0, 0.05) is 0 Å². The number of phosphoric ester groups is 1. The van der Waals surface area contributed by atoms with Crippen molar-refractivity contribution in [2.75, 3.05) is 13.2 Å². The minimum atomic E-state index is -5.36. The number of phosphoric acid groups is 2. The van der Waals surface area contributed by atoms with E-state index in [1.807, 2.05) is 0 Å². The van der Waals surface area contributed by atoms with Crippen molar-refractivity contribution in [3.63, 3.8) is 0 Å². The van der Waals surface area contributed by atoms with Crippen LogP contribution in [0, 0.1) is 0 Å². The summed E-state index contributed by atoms with van der Waals surface area (Å²) in [5.41, 5.74) is 0. The summed E-state index contributed by atoms with van der Waals surface area (Å²) in [6.45, 7) is -1.26. The van der Waals surface area contributed by atoms with E-state index in [9.17, 15) is 18.9 Å². The standard InChI is InChI=1S/C2H8O8P2.2Na/c3-1-2-9-12(7,8)10-11(4,5)6;;/h3H,1-2H2,(H,7,8)(H2,4,5,6);;/q;2*+1/p-2. The van der Waals surface area contributed by atoms with Crippen LogP contribution in [0.1, 0.15) is 0 Å². The average Bonchev–Trinajstić information content (AvgIpc) is 1.78. The average molecular weight is 266 g/mol. The smallest absolute Gasteiger partial charge is 0.756 e. The molecule has 2 N–H and O–H groups in total. The fraction of sp³-hybridized carbons (Fsp3) is 1.00. The van der Waals surface area contributed by atoms with Crippen molar-refractivity contribution >= 4 is 15.6 Å². The van der Waals surface area contributed by atoms with E-state index in [1.165, 1.54) is 0 Å². The third-order valence-electron chi connectivity index (χ3n) is 0.544. The summed E-state index contributed by atoms with van der Waals surface area (Å²) in [6, 6.07) is 0. The molecule has 0 amide bonds. The topological polar surface area (TPSA) is 139 Å². The molecule has 0 saturated heterocycles. The van der Waals surface area contributed by atoms with Crippen LogP contribution < -0.4 is 68.9 Å². The monoisotopic (exact) mass is 266 g/mol. The van der Waals surface area contributed by atoms with Crippen LogP contribution in [-0.4, -0.2) is 23.2 Å². The van der Waals surface area contributed by atoms with Crippen LogP contribution in [0.25, 0.3) is 0 Å². The van der Waals surface area contributed by atoms with Gasteiger partial charge in [0.15, 0.2) is 0 Å². The molecule has 14 heavy (non-hydrogen) atoms. The molecule has 0 aromatic carbocycles. The quantitative estimate of drug-likeness (QED) is 0.369. The van der Waals surface area contributed by atoms with Crippen LogP contribution in [-0.2, 0) is 18.0 Å². The second-order valence-corrected chi connectivity index (χ2v) is 4.30. The SMILES string of the molecule is O=P([O-])(O)OP(=O)([O-])OCCO.[Na+].[Na+]. The Kier molecular flexibility index (Phi) is 14.2. The van der Waals surface area contributed by atoms with Crippen molar-refractivity contribution in [3.05, 3.63) is 0 Å². The summed E-state index contributed by atoms with van der Waals surface area (Å²) in [6.07, 6.45) is 0. The van der Waals surface area contributed by atoms with E-state index in [1.54, 1.807) is 0 Å². The summed E-state index contributed by atoms with van der Waals surface area (Å²) in [5, 5.41) is 8.08. The van der Waals surface area contributed by atoms with Crippen molar-refractivity contribution in [2.24, 2.45) is 0 Å². The predicted molar refractivity (Wildman–Crippen MR) is 31.6 cm³/mol. The first-order chi connectivity index (χ1) is 5.27. The zero-order valence-corrected chi connectivity index (χ0v) is 13.4. The maximum atomic E-state index is 10.3. The third-order valence-corrected chi connectivity index (χ3v) is 2.67. The van der Waals surface area contributed by atoms with E-state index in [2.05, 4.69) is 8.83 Å². The molecule has 0 aromatic heterocycles. The molecule has 8 nitrogen and oxygen atoms in total. The van der Waals surface area contributed by atoms with E-state index < -0.39 is 28.9 Å². The molecular weight excluding hydrogens is 260 g/mol. The second-order valence-electron chi connectivity index (χ2n) is 1.55. The Morgan fingerprint density at radius 1 is 1.21 bits per heavy atom. The molecule has 0 radical (unpaired) electrons. The largest absolute Gasteiger partial charge is 1.00 e. The molecule has 0 bridgehead atoms. The van der Waals surface area contributed by atoms with Gasteiger partial charge in [0.2, 0.25) is 0 Å². The first-order valence-electron chi connectivity index (χ1n) is 2.58. The van der Waals surface area contributed by atoms with Crippen LogP contribution in [0.15, 0.2) is 0 Å². The summed E-state index contributed by atoms with van der Waals surface area (Å²) in [5.74, 6) is 0. The zero-order chi connectivity index (χ0) is 9.83. The Morgan fingerprint density at radius 3 is 1.93 bits per heavy atom. The van der Waals surface area contributed by atoms with Crippen molar-refractivity contribution in [3.8, 4) is 0 Å². The molecule has 0 heterocycles. The third kappa shape index (κ3) is 14.2. The summed E-state index contributed by atoms with van der Waals surface area (Å²) in [4.78, 5) is 28.1. The Labute approximate surface area is 124 Å². The van der Waals surface area contributed by atoms with Crippen molar-refractivity contribution in [1.82, 2.24) is 0 Å². The molecule has 0 aromatic rings. The maximum Gasteiger partial charge on any atom is 1.00 e. The molecule has 0 aliphatic heterocycles. The normalized spacial score (nSPS) is 18.3. The fourth-order valence-corrected chi connectivity index (χ4v) is 1.81. The Morgan fingerprint density at radius 2 is 1.64 bits per heavy atom. The van der Waals surface area contributed by atoms with Gasteiger partial charge in [-0.05, 0) is 0 Å². The van der Waals surface area contributed by atoms with Gasteiger partial charge in [0.05, 0.1) is 13.2 Å². The number of hydrogen-bond acceptors (Lipinski definition) is 7. The fourth-order valence-electron chi connectivity index (χ4n) is 0.303. The van der Waals surface area contributed by atoms with Crippen LogP contribution in [0.3, 0.4) is 0 Å². The minimum absolute atomic E-state index is 0. The second kappa shape index (κ2) is 9.27. The number of aliphatic hydroxyl groups excluding tert-OH is 1. The number of rotatable bonds is 5. The van der Waals surface area contributed by atoms with Crippen LogP contribution in [0.5, 0.6) is 0 Å². The molecule has 2 unspecified atom stereocenters. The molecule has 0 fully saturated rings. The molecule has 0 aliphatic carbocycles. The molecular formula is C2H6Na2O8P2. The predicted octanol–water partition coefficient (Wildman–Crippen LogP) is -8.05. The van der Waals surface area contributed by atoms with Gasteiger partial charge < -0.3 is 24.3 Å². The first-order valence-corrected chi connectivity index (χ1v) is 5.54.